The molecule has 0 aliphatic carbocycles. The fourth-order valence-corrected chi connectivity index (χ4v) is 2.96. The highest BCUT2D eigenvalue weighted by Crippen LogP contribution is 2.11. The van der Waals surface area contributed by atoms with Crippen molar-refractivity contribution in [3.8, 4) is 5.75 Å². The summed E-state index contributed by atoms with van der Waals surface area (Å²) in [4.78, 5) is 25.0. The zero-order chi connectivity index (χ0) is 18.9. The lowest BCUT2D eigenvalue weighted by atomic mass is 10.2. The van der Waals surface area contributed by atoms with Gasteiger partial charge in [-0.3, -0.25) is 14.5 Å². The number of amides is 1. The van der Waals surface area contributed by atoms with Crippen molar-refractivity contribution in [2.45, 2.75) is 12.6 Å². The third kappa shape index (κ3) is 6.20. The van der Waals surface area contributed by atoms with Crippen LogP contribution in [0.25, 0.3) is 0 Å². The Morgan fingerprint density at radius 3 is 2.70 bits per heavy atom. The van der Waals surface area contributed by atoms with Crippen LogP contribution in [0.2, 0.25) is 0 Å². The van der Waals surface area contributed by atoms with Crippen LogP contribution in [0.3, 0.4) is 0 Å². The monoisotopic (exact) mass is 368 g/mol. The Balaban J connectivity index is 1.38. The smallest absolute Gasteiger partial charge is 0.258 e. The first-order chi connectivity index (χ1) is 13.2. The lowest BCUT2D eigenvalue weighted by Crippen LogP contribution is -2.47. The Bertz CT molecular complexity index is 734. The van der Waals surface area contributed by atoms with E-state index in [-0.39, 0.29) is 18.6 Å². The molecule has 1 amide bonds. The van der Waals surface area contributed by atoms with Crippen molar-refractivity contribution in [3.05, 3.63) is 65.7 Å². The summed E-state index contributed by atoms with van der Waals surface area (Å²) in [5.74, 6) is 0.358. The molecule has 1 heterocycles. The van der Waals surface area contributed by atoms with Crippen molar-refractivity contribution >= 4 is 12.2 Å². The van der Waals surface area contributed by atoms with Gasteiger partial charge in [0.25, 0.3) is 5.91 Å². The maximum absolute atomic E-state index is 12.0. The number of benzene rings is 2. The second kappa shape index (κ2) is 9.85. The van der Waals surface area contributed by atoms with E-state index in [0.29, 0.717) is 24.5 Å². The number of hydrogen-bond acceptors (Lipinski definition) is 5. The topological polar surface area (TPSA) is 67.9 Å². The first kappa shape index (κ1) is 19.1. The molecule has 2 aromatic rings. The lowest BCUT2D eigenvalue weighted by Gasteiger charge is -2.33. The molecule has 3 rings (SSSR count). The van der Waals surface area contributed by atoms with Crippen LogP contribution < -0.4 is 10.1 Å². The number of hydrogen-bond donors (Lipinski definition) is 1. The zero-order valence-electron chi connectivity index (χ0n) is 15.2. The van der Waals surface area contributed by atoms with E-state index in [0.717, 1.165) is 25.9 Å². The van der Waals surface area contributed by atoms with Crippen molar-refractivity contribution in [1.82, 2.24) is 10.2 Å². The predicted molar refractivity (Wildman–Crippen MR) is 102 cm³/mol. The number of carbonyl (C=O) groups excluding carboxylic acids is 2. The van der Waals surface area contributed by atoms with Crippen LogP contribution in [-0.4, -0.2) is 56.0 Å². The Kier molecular flexibility index (Phi) is 6.96. The molecule has 6 nitrogen and oxygen atoms in total. The van der Waals surface area contributed by atoms with Crippen LogP contribution in [0.4, 0.5) is 0 Å². The predicted octanol–water partition coefficient (Wildman–Crippen LogP) is 1.90. The van der Waals surface area contributed by atoms with Gasteiger partial charge in [0.05, 0.1) is 12.7 Å². The van der Waals surface area contributed by atoms with Gasteiger partial charge >= 0.3 is 0 Å². The molecule has 1 aliphatic rings. The van der Waals surface area contributed by atoms with Crippen molar-refractivity contribution in [2.24, 2.45) is 0 Å². The molecule has 27 heavy (non-hydrogen) atoms. The lowest BCUT2D eigenvalue weighted by molar-refractivity contribution is -0.124. The number of rotatable bonds is 8. The van der Waals surface area contributed by atoms with Gasteiger partial charge in [-0.25, -0.2) is 0 Å². The van der Waals surface area contributed by atoms with E-state index in [1.165, 1.54) is 5.56 Å². The largest absolute Gasteiger partial charge is 0.484 e. The molecule has 1 saturated heterocycles. The molecule has 0 bridgehead atoms. The van der Waals surface area contributed by atoms with Crippen LogP contribution in [0.15, 0.2) is 54.6 Å². The van der Waals surface area contributed by atoms with Crippen LogP contribution in [0.1, 0.15) is 15.9 Å². The fraction of sp³-hybridized carbons (Fsp3) is 0.333. The van der Waals surface area contributed by atoms with Gasteiger partial charge in [-0.15, -0.1) is 0 Å². The van der Waals surface area contributed by atoms with Crippen LogP contribution in [0.5, 0.6) is 5.75 Å². The maximum Gasteiger partial charge on any atom is 0.258 e. The minimum absolute atomic E-state index is 0.0294. The third-order valence-electron chi connectivity index (χ3n) is 4.38. The number of morpholine rings is 1. The van der Waals surface area contributed by atoms with Crippen molar-refractivity contribution in [2.75, 3.05) is 32.8 Å². The van der Waals surface area contributed by atoms with E-state index in [1.807, 2.05) is 18.2 Å². The number of carbonyl (C=O) groups is 2. The summed E-state index contributed by atoms with van der Waals surface area (Å²) in [6.07, 6.45) is 0.736. The van der Waals surface area contributed by atoms with Gasteiger partial charge in [-0.2, -0.15) is 0 Å². The Labute approximate surface area is 159 Å². The average molecular weight is 368 g/mol. The molecule has 1 atom stereocenters. The summed E-state index contributed by atoms with van der Waals surface area (Å²) in [5.41, 5.74) is 1.84. The summed E-state index contributed by atoms with van der Waals surface area (Å²) in [6, 6.07) is 17.0. The highest BCUT2D eigenvalue weighted by atomic mass is 16.5. The van der Waals surface area contributed by atoms with E-state index >= 15 is 0 Å². The molecule has 1 unspecified atom stereocenters. The van der Waals surface area contributed by atoms with Gasteiger partial charge in [0, 0.05) is 31.7 Å². The van der Waals surface area contributed by atoms with Crippen LogP contribution in [0, 0.1) is 0 Å². The van der Waals surface area contributed by atoms with Crippen molar-refractivity contribution in [3.63, 3.8) is 0 Å². The zero-order valence-corrected chi connectivity index (χ0v) is 15.2. The van der Waals surface area contributed by atoms with Gasteiger partial charge in [0.1, 0.15) is 12.0 Å². The van der Waals surface area contributed by atoms with Gasteiger partial charge in [0.15, 0.2) is 6.61 Å². The molecule has 0 saturated carbocycles. The highest BCUT2D eigenvalue weighted by Gasteiger charge is 2.21. The first-order valence-corrected chi connectivity index (χ1v) is 9.05. The number of nitrogens with zero attached hydrogens (tertiary/aromatic N) is 1. The van der Waals surface area contributed by atoms with E-state index in [9.17, 15) is 9.59 Å². The number of aldehydes is 1. The molecule has 0 spiro atoms. The van der Waals surface area contributed by atoms with E-state index in [4.69, 9.17) is 9.47 Å². The maximum atomic E-state index is 12.0. The second-order valence-electron chi connectivity index (χ2n) is 6.49. The summed E-state index contributed by atoms with van der Waals surface area (Å²) in [6.45, 7) is 3.60. The minimum Gasteiger partial charge on any atom is -0.484 e. The molecule has 1 N–H and O–H groups in total. The third-order valence-corrected chi connectivity index (χ3v) is 4.38. The van der Waals surface area contributed by atoms with Crippen molar-refractivity contribution < 1.29 is 19.1 Å². The summed E-state index contributed by atoms with van der Waals surface area (Å²) >= 11 is 0. The fourth-order valence-electron chi connectivity index (χ4n) is 2.96. The first-order valence-electron chi connectivity index (χ1n) is 9.05. The van der Waals surface area contributed by atoms with E-state index in [2.05, 4.69) is 22.3 Å². The van der Waals surface area contributed by atoms with Gasteiger partial charge in [0.2, 0.25) is 0 Å². The Morgan fingerprint density at radius 2 is 1.96 bits per heavy atom. The standard InChI is InChI=1S/C21H24N2O4/c24-15-18-6-8-19(9-7-18)27-16-21(25)22-12-20-14-23(10-11-26-20)13-17-4-2-1-3-5-17/h1-9,15,20H,10-14,16H2,(H,22,25). The molecular weight excluding hydrogens is 344 g/mol. The van der Waals surface area contributed by atoms with Crippen LogP contribution in [-0.2, 0) is 16.1 Å². The number of nitrogens with one attached hydrogen (secondary N) is 1. The number of ether oxygens (including phenoxy) is 2. The molecule has 1 fully saturated rings. The molecular formula is C21H24N2O4. The minimum atomic E-state index is -0.196. The van der Waals surface area contributed by atoms with E-state index < -0.39 is 0 Å². The summed E-state index contributed by atoms with van der Waals surface area (Å²) in [5, 5.41) is 2.86. The average Bonchev–Trinajstić information content (AvgIpc) is 2.72. The molecule has 6 heteroatoms. The highest BCUT2D eigenvalue weighted by molar-refractivity contribution is 5.77. The van der Waals surface area contributed by atoms with Crippen molar-refractivity contribution in [1.29, 1.82) is 0 Å². The normalized spacial score (nSPS) is 17.3. The molecule has 1 aliphatic heterocycles. The molecule has 142 valence electrons. The molecule has 2 aromatic carbocycles. The quantitative estimate of drug-likeness (QED) is 0.721. The Hall–Kier alpha value is -2.70. The SMILES string of the molecule is O=Cc1ccc(OCC(=O)NCC2CN(Cc3ccccc3)CCO2)cc1. The molecule has 0 aromatic heterocycles. The summed E-state index contributed by atoms with van der Waals surface area (Å²) in [7, 11) is 0. The van der Waals surface area contributed by atoms with Crippen LogP contribution >= 0.6 is 0 Å². The van der Waals surface area contributed by atoms with E-state index in [1.54, 1.807) is 24.3 Å². The summed E-state index contributed by atoms with van der Waals surface area (Å²) < 4.78 is 11.2. The van der Waals surface area contributed by atoms with Gasteiger partial charge < -0.3 is 14.8 Å². The van der Waals surface area contributed by atoms with Gasteiger partial charge in [-0.1, -0.05) is 30.3 Å². The van der Waals surface area contributed by atoms with Gasteiger partial charge in [-0.05, 0) is 29.8 Å². The second-order valence-corrected chi connectivity index (χ2v) is 6.49. The molecule has 0 radical (unpaired) electrons. The Morgan fingerprint density at radius 1 is 1.19 bits per heavy atom.